The molecule has 0 aromatic heterocycles. The topological polar surface area (TPSA) is 72.5 Å². The smallest absolute Gasteiger partial charge is 0.347 e. The molecule has 0 saturated heterocycles. The third-order valence-electron chi connectivity index (χ3n) is 3.10. The predicted molar refractivity (Wildman–Crippen MR) is 80.6 cm³/mol. The lowest BCUT2D eigenvalue weighted by Gasteiger charge is -2.08. The summed E-state index contributed by atoms with van der Waals surface area (Å²) >= 11 is 11.7. The quantitative estimate of drug-likeness (QED) is 0.672. The van der Waals surface area contributed by atoms with Crippen molar-refractivity contribution in [3.8, 4) is 0 Å². The summed E-state index contributed by atoms with van der Waals surface area (Å²) in [6.45, 7) is 0. The number of hydrogen-bond acceptors (Lipinski definition) is 4. The maximum absolute atomic E-state index is 12.3. The zero-order valence-corrected chi connectivity index (χ0v) is 12.4. The molecule has 1 heterocycles. The first kappa shape index (κ1) is 14.6. The minimum Gasteiger partial charge on any atom is -0.386 e. The van der Waals surface area contributed by atoms with Gasteiger partial charge in [-0.05, 0) is 30.3 Å². The number of carbonyl (C=O) groups is 3. The third-order valence-corrected chi connectivity index (χ3v) is 3.84. The van der Waals surface area contributed by atoms with E-state index in [4.69, 9.17) is 23.2 Å². The monoisotopic (exact) mass is 335 g/mol. The molecule has 5 nitrogen and oxygen atoms in total. The molecule has 22 heavy (non-hydrogen) atoms. The lowest BCUT2D eigenvalue weighted by Crippen LogP contribution is -2.15. The number of fused-ring (bicyclic) bond motifs is 1. The second-order valence-electron chi connectivity index (χ2n) is 4.49. The Morgan fingerprint density at radius 2 is 1.77 bits per heavy atom. The van der Waals surface area contributed by atoms with Crippen molar-refractivity contribution in [1.29, 1.82) is 0 Å². The summed E-state index contributed by atoms with van der Waals surface area (Å²) in [5.41, 5.74) is 0.506. The molecule has 1 aliphatic rings. The van der Waals surface area contributed by atoms with E-state index in [0.29, 0.717) is 10.7 Å². The van der Waals surface area contributed by atoms with E-state index < -0.39 is 17.8 Å². The van der Waals surface area contributed by atoms with Crippen LogP contribution in [-0.2, 0) is 4.74 Å². The summed E-state index contributed by atoms with van der Waals surface area (Å²) in [5.74, 6) is -2.15. The number of benzene rings is 2. The van der Waals surface area contributed by atoms with Gasteiger partial charge in [-0.3, -0.25) is 4.79 Å². The zero-order valence-electron chi connectivity index (χ0n) is 10.9. The van der Waals surface area contributed by atoms with Crippen molar-refractivity contribution in [3.05, 3.63) is 63.1 Å². The number of ether oxygens (including phenoxy) is 1. The van der Waals surface area contributed by atoms with Gasteiger partial charge in [-0.25, -0.2) is 9.59 Å². The van der Waals surface area contributed by atoms with Crippen LogP contribution < -0.4 is 5.32 Å². The maximum atomic E-state index is 12.3. The second kappa shape index (κ2) is 5.44. The molecule has 7 heteroatoms. The molecule has 1 N–H and O–H groups in total. The number of nitrogens with one attached hydrogen (secondary N) is 1. The standard InChI is InChI=1S/C15H7Cl2NO4/c16-10-5-4-7(6-11(10)17)18-13(19)8-2-1-3-9-12(8)15(21)22-14(9)20/h1-6H,(H,18,19). The molecule has 0 spiro atoms. The van der Waals surface area contributed by atoms with Gasteiger partial charge in [-0.2, -0.15) is 0 Å². The molecular formula is C15H7Cl2NO4. The Hall–Kier alpha value is -2.37. The van der Waals surface area contributed by atoms with Crippen LogP contribution in [0.25, 0.3) is 0 Å². The Kier molecular flexibility index (Phi) is 3.60. The Morgan fingerprint density at radius 3 is 2.50 bits per heavy atom. The summed E-state index contributed by atoms with van der Waals surface area (Å²) < 4.78 is 4.51. The third kappa shape index (κ3) is 2.45. The number of anilines is 1. The molecular weight excluding hydrogens is 329 g/mol. The molecule has 0 unspecified atom stereocenters. The first-order valence-corrected chi connectivity index (χ1v) is 6.89. The van der Waals surface area contributed by atoms with Crippen LogP contribution in [-0.4, -0.2) is 17.8 Å². The number of amides is 1. The maximum Gasteiger partial charge on any atom is 0.347 e. The van der Waals surface area contributed by atoms with Crippen LogP contribution in [0.5, 0.6) is 0 Å². The summed E-state index contributed by atoms with van der Waals surface area (Å²) in [5, 5.41) is 3.23. The fraction of sp³-hybridized carbons (Fsp3) is 0. The van der Waals surface area contributed by atoms with Crippen molar-refractivity contribution in [2.75, 3.05) is 5.32 Å². The average molecular weight is 336 g/mol. The van der Waals surface area contributed by atoms with Crippen LogP contribution >= 0.6 is 23.2 Å². The predicted octanol–water partition coefficient (Wildman–Crippen LogP) is 3.56. The fourth-order valence-corrected chi connectivity index (χ4v) is 2.39. The van der Waals surface area contributed by atoms with Gasteiger partial charge in [-0.1, -0.05) is 29.3 Å². The van der Waals surface area contributed by atoms with E-state index in [9.17, 15) is 14.4 Å². The average Bonchev–Trinajstić information content (AvgIpc) is 2.78. The highest BCUT2D eigenvalue weighted by Crippen LogP contribution is 2.27. The van der Waals surface area contributed by atoms with Gasteiger partial charge in [-0.15, -0.1) is 0 Å². The van der Waals surface area contributed by atoms with E-state index in [1.54, 1.807) is 6.07 Å². The van der Waals surface area contributed by atoms with Gasteiger partial charge in [0.25, 0.3) is 5.91 Å². The zero-order chi connectivity index (χ0) is 15.9. The molecule has 0 bridgehead atoms. The van der Waals surface area contributed by atoms with Crippen molar-refractivity contribution in [2.24, 2.45) is 0 Å². The number of hydrogen-bond donors (Lipinski definition) is 1. The number of rotatable bonds is 2. The van der Waals surface area contributed by atoms with Crippen LogP contribution in [0.4, 0.5) is 5.69 Å². The highest BCUT2D eigenvalue weighted by atomic mass is 35.5. The van der Waals surface area contributed by atoms with E-state index in [1.807, 2.05) is 0 Å². The van der Waals surface area contributed by atoms with Crippen molar-refractivity contribution in [1.82, 2.24) is 0 Å². The SMILES string of the molecule is O=C(Nc1ccc(Cl)c(Cl)c1)c1cccc2c1C(=O)OC2=O. The molecule has 1 aliphatic heterocycles. The van der Waals surface area contributed by atoms with Crippen molar-refractivity contribution in [2.45, 2.75) is 0 Å². The van der Waals surface area contributed by atoms with Gasteiger partial charge in [0.2, 0.25) is 0 Å². The number of cyclic esters (lactones) is 2. The van der Waals surface area contributed by atoms with Gasteiger partial charge in [0.15, 0.2) is 0 Å². The molecule has 0 radical (unpaired) electrons. The first-order valence-electron chi connectivity index (χ1n) is 6.13. The van der Waals surface area contributed by atoms with E-state index in [2.05, 4.69) is 10.1 Å². The van der Waals surface area contributed by atoms with E-state index in [-0.39, 0.29) is 21.7 Å². The summed E-state index contributed by atoms with van der Waals surface area (Å²) in [4.78, 5) is 35.5. The molecule has 1 amide bonds. The van der Waals surface area contributed by atoms with Gasteiger partial charge in [0, 0.05) is 5.69 Å². The van der Waals surface area contributed by atoms with Gasteiger partial charge >= 0.3 is 11.9 Å². The lowest BCUT2D eigenvalue weighted by molar-refractivity contribution is 0.0442. The Labute approximate surface area is 134 Å². The fourth-order valence-electron chi connectivity index (χ4n) is 2.09. The normalized spacial score (nSPS) is 12.8. The van der Waals surface area contributed by atoms with E-state index >= 15 is 0 Å². The summed E-state index contributed by atoms with van der Waals surface area (Å²) in [6.07, 6.45) is 0. The first-order chi connectivity index (χ1) is 10.5. The van der Waals surface area contributed by atoms with Crippen LogP contribution in [0.3, 0.4) is 0 Å². The van der Waals surface area contributed by atoms with Crippen LogP contribution in [0, 0.1) is 0 Å². The van der Waals surface area contributed by atoms with Gasteiger partial charge < -0.3 is 10.1 Å². The Balaban J connectivity index is 1.95. The summed E-state index contributed by atoms with van der Waals surface area (Å²) in [6, 6.07) is 8.95. The molecule has 3 rings (SSSR count). The largest absolute Gasteiger partial charge is 0.386 e. The highest BCUT2D eigenvalue weighted by Gasteiger charge is 2.33. The minimum atomic E-state index is -0.833. The Bertz CT molecular complexity index is 832. The number of halogens is 2. The molecule has 110 valence electrons. The summed E-state index contributed by atoms with van der Waals surface area (Å²) in [7, 11) is 0. The van der Waals surface area contributed by atoms with Gasteiger partial charge in [0.05, 0.1) is 26.7 Å². The molecule has 0 saturated carbocycles. The van der Waals surface area contributed by atoms with Crippen LogP contribution in [0.1, 0.15) is 31.1 Å². The van der Waals surface area contributed by atoms with Crippen molar-refractivity contribution >= 4 is 46.7 Å². The van der Waals surface area contributed by atoms with Crippen molar-refractivity contribution in [3.63, 3.8) is 0 Å². The second-order valence-corrected chi connectivity index (χ2v) is 5.30. The number of carbonyl (C=O) groups excluding carboxylic acids is 3. The van der Waals surface area contributed by atoms with Crippen molar-refractivity contribution < 1.29 is 19.1 Å². The Morgan fingerprint density at radius 1 is 1.00 bits per heavy atom. The molecule has 2 aromatic carbocycles. The number of esters is 2. The minimum absolute atomic E-state index is 0.0370. The molecule has 2 aromatic rings. The van der Waals surface area contributed by atoms with E-state index in [1.165, 1.54) is 30.3 Å². The molecule has 0 fully saturated rings. The van der Waals surface area contributed by atoms with Gasteiger partial charge in [0.1, 0.15) is 0 Å². The van der Waals surface area contributed by atoms with E-state index in [0.717, 1.165) is 0 Å². The molecule has 0 atom stereocenters. The molecule has 0 aliphatic carbocycles. The lowest BCUT2D eigenvalue weighted by atomic mass is 10.0. The van der Waals surface area contributed by atoms with Crippen LogP contribution in [0.15, 0.2) is 36.4 Å². The van der Waals surface area contributed by atoms with Crippen LogP contribution in [0.2, 0.25) is 10.0 Å². The highest BCUT2D eigenvalue weighted by molar-refractivity contribution is 6.42.